The molecule has 24 heavy (non-hydrogen) atoms. The highest BCUT2D eigenvalue weighted by Gasteiger charge is 2.23. The van der Waals surface area contributed by atoms with Crippen LogP contribution in [0, 0.1) is 5.92 Å². The Balaban J connectivity index is 1.36. The Morgan fingerprint density at radius 3 is 2.79 bits per heavy atom. The predicted molar refractivity (Wildman–Crippen MR) is 94.8 cm³/mol. The summed E-state index contributed by atoms with van der Waals surface area (Å²) in [5.41, 5.74) is 1.14. The Hall–Kier alpha value is -1.59. The number of likely N-dealkylation sites (tertiary alicyclic amines) is 2. The molecule has 132 valence electrons. The van der Waals surface area contributed by atoms with Crippen LogP contribution in [-0.2, 0) is 11.3 Å². The van der Waals surface area contributed by atoms with Gasteiger partial charge in [-0.25, -0.2) is 0 Å². The molecule has 0 aromatic heterocycles. The zero-order valence-electron chi connectivity index (χ0n) is 14.4. The third-order valence-electron chi connectivity index (χ3n) is 5.09. The number of amides is 1. The first-order valence-corrected chi connectivity index (χ1v) is 9.18. The van der Waals surface area contributed by atoms with E-state index in [2.05, 4.69) is 15.1 Å². The van der Waals surface area contributed by atoms with Gasteiger partial charge in [0.15, 0.2) is 0 Å². The number of carbonyl (C=O) groups is 1. The second-order valence-corrected chi connectivity index (χ2v) is 7.20. The van der Waals surface area contributed by atoms with Crippen LogP contribution in [0.25, 0.3) is 0 Å². The smallest absolute Gasteiger partial charge is 0.234 e. The molecule has 0 spiro atoms. The van der Waals surface area contributed by atoms with E-state index in [4.69, 9.17) is 0 Å². The van der Waals surface area contributed by atoms with Gasteiger partial charge in [-0.15, -0.1) is 0 Å². The van der Waals surface area contributed by atoms with E-state index < -0.39 is 0 Å². The molecule has 0 saturated carbocycles. The second kappa shape index (κ2) is 8.49. The van der Waals surface area contributed by atoms with Crippen molar-refractivity contribution < 1.29 is 9.90 Å². The van der Waals surface area contributed by atoms with Gasteiger partial charge < -0.3 is 10.4 Å². The van der Waals surface area contributed by atoms with Gasteiger partial charge in [0.2, 0.25) is 5.91 Å². The van der Waals surface area contributed by atoms with Gasteiger partial charge in [-0.1, -0.05) is 18.6 Å². The maximum absolute atomic E-state index is 12.1. The fraction of sp³-hybridized carbons (Fsp3) is 0.632. The lowest BCUT2D eigenvalue weighted by Gasteiger charge is -2.25. The molecule has 1 aromatic rings. The Morgan fingerprint density at radius 1 is 1.17 bits per heavy atom. The summed E-state index contributed by atoms with van der Waals surface area (Å²) >= 11 is 0. The number of aromatic hydroxyl groups is 1. The van der Waals surface area contributed by atoms with E-state index in [1.165, 1.54) is 19.3 Å². The second-order valence-electron chi connectivity index (χ2n) is 7.20. The highest BCUT2D eigenvalue weighted by molar-refractivity contribution is 5.78. The van der Waals surface area contributed by atoms with Gasteiger partial charge in [0, 0.05) is 19.6 Å². The van der Waals surface area contributed by atoms with Gasteiger partial charge >= 0.3 is 0 Å². The van der Waals surface area contributed by atoms with Crippen LogP contribution in [0.3, 0.4) is 0 Å². The maximum Gasteiger partial charge on any atom is 0.234 e. The van der Waals surface area contributed by atoms with Crippen molar-refractivity contribution in [1.29, 1.82) is 0 Å². The lowest BCUT2D eigenvalue weighted by Crippen LogP contribution is -2.41. The molecule has 5 heteroatoms. The van der Waals surface area contributed by atoms with E-state index >= 15 is 0 Å². The third-order valence-corrected chi connectivity index (χ3v) is 5.09. The Kier molecular flexibility index (Phi) is 6.10. The number of hydrogen-bond acceptors (Lipinski definition) is 4. The third kappa shape index (κ3) is 5.21. The molecule has 2 fully saturated rings. The molecule has 1 amide bonds. The number of piperidine rings is 1. The molecule has 2 heterocycles. The average Bonchev–Trinajstić information content (AvgIpc) is 3.01. The largest absolute Gasteiger partial charge is 0.508 e. The van der Waals surface area contributed by atoms with Crippen LogP contribution >= 0.6 is 0 Å². The number of hydrogen-bond donors (Lipinski definition) is 2. The molecular weight excluding hydrogens is 302 g/mol. The maximum atomic E-state index is 12.1. The van der Waals surface area contributed by atoms with E-state index in [1.54, 1.807) is 6.07 Å². The summed E-state index contributed by atoms with van der Waals surface area (Å²) in [4.78, 5) is 16.7. The Labute approximate surface area is 144 Å². The van der Waals surface area contributed by atoms with E-state index in [0.717, 1.165) is 51.3 Å². The molecule has 0 bridgehead atoms. The van der Waals surface area contributed by atoms with Crippen molar-refractivity contribution in [1.82, 2.24) is 15.1 Å². The average molecular weight is 331 g/mol. The number of nitrogens with zero attached hydrogens (tertiary/aromatic N) is 2. The van der Waals surface area contributed by atoms with Gasteiger partial charge in [-0.2, -0.15) is 0 Å². The van der Waals surface area contributed by atoms with Crippen molar-refractivity contribution in [3.8, 4) is 5.75 Å². The van der Waals surface area contributed by atoms with E-state index in [0.29, 0.717) is 18.2 Å². The van der Waals surface area contributed by atoms with Crippen LogP contribution in [-0.4, -0.2) is 60.1 Å². The van der Waals surface area contributed by atoms with Crippen molar-refractivity contribution in [3.05, 3.63) is 29.8 Å². The molecular formula is C19H29N3O2. The zero-order chi connectivity index (χ0) is 16.8. The van der Waals surface area contributed by atoms with Gasteiger partial charge in [-0.05, 0) is 62.5 Å². The highest BCUT2D eigenvalue weighted by Crippen LogP contribution is 2.20. The molecule has 2 N–H and O–H groups in total. The van der Waals surface area contributed by atoms with Crippen LogP contribution in [0.2, 0.25) is 0 Å². The summed E-state index contributed by atoms with van der Waals surface area (Å²) in [6.07, 6.45) is 4.87. The van der Waals surface area contributed by atoms with E-state index in [-0.39, 0.29) is 5.91 Å². The van der Waals surface area contributed by atoms with Crippen molar-refractivity contribution in [2.45, 2.75) is 32.2 Å². The van der Waals surface area contributed by atoms with Gasteiger partial charge in [0.25, 0.3) is 0 Å². The summed E-state index contributed by atoms with van der Waals surface area (Å²) in [6, 6.07) is 7.47. The number of phenolic OH excluding ortho intramolecular Hbond substituents is 1. The molecule has 5 nitrogen and oxygen atoms in total. The van der Waals surface area contributed by atoms with E-state index in [9.17, 15) is 9.90 Å². The van der Waals surface area contributed by atoms with Gasteiger partial charge in [0.1, 0.15) is 5.75 Å². The van der Waals surface area contributed by atoms with Crippen molar-refractivity contribution in [3.63, 3.8) is 0 Å². The number of rotatable bonds is 6. The van der Waals surface area contributed by atoms with Crippen molar-refractivity contribution in [2.75, 3.05) is 39.3 Å². The predicted octanol–water partition coefficient (Wildman–Crippen LogP) is 1.82. The van der Waals surface area contributed by atoms with Gasteiger partial charge in [0.05, 0.1) is 6.54 Å². The molecule has 2 aliphatic rings. The standard InChI is InChI=1S/C19H29N3O2/c23-18-6-4-5-16(11-18)13-22-10-7-17(14-22)12-20-19(24)15-21-8-2-1-3-9-21/h4-6,11,17,23H,1-3,7-10,12-15H2,(H,20,24). The molecule has 0 aliphatic carbocycles. The minimum Gasteiger partial charge on any atom is -0.508 e. The molecule has 3 rings (SSSR count). The van der Waals surface area contributed by atoms with Crippen LogP contribution < -0.4 is 5.32 Å². The normalized spacial score (nSPS) is 22.6. The number of phenols is 1. The minimum absolute atomic E-state index is 0.170. The fourth-order valence-electron chi connectivity index (χ4n) is 3.77. The number of nitrogens with one attached hydrogen (secondary N) is 1. The molecule has 1 atom stereocenters. The summed E-state index contributed by atoms with van der Waals surface area (Å²) in [7, 11) is 0. The Bertz CT molecular complexity index is 543. The minimum atomic E-state index is 0.170. The summed E-state index contributed by atoms with van der Waals surface area (Å²) in [6.45, 7) is 6.40. The molecule has 1 aromatic carbocycles. The van der Waals surface area contributed by atoms with Crippen LogP contribution in [0.15, 0.2) is 24.3 Å². The zero-order valence-corrected chi connectivity index (χ0v) is 14.4. The number of carbonyl (C=O) groups excluding carboxylic acids is 1. The molecule has 1 unspecified atom stereocenters. The molecule has 2 aliphatic heterocycles. The lowest BCUT2D eigenvalue weighted by atomic mass is 10.1. The summed E-state index contributed by atoms with van der Waals surface area (Å²) < 4.78 is 0. The van der Waals surface area contributed by atoms with Crippen molar-refractivity contribution >= 4 is 5.91 Å². The highest BCUT2D eigenvalue weighted by atomic mass is 16.3. The van der Waals surface area contributed by atoms with Gasteiger partial charge in [-0.3, -0.25) is 14.6 Å². The monoisotopic (exact) mass is 331 g/mol. The van der Waals surface area contributed by atoms with E-state index in [1.807, 2.05) is 18.2 Å². The quantitative estimate of drug-likeness (QED) is 0.835. The summed E-state index contributed by atoms with van der Waals surface area (Å²) in [5.74, 6) is 1.03. The van der Waals surface area contributed by atoms with Crippen LogP contribution in [0.1, 0.15) is 31.2 Å². The fourth-order valence-corrected chi connectivity index (χ4v) is 3.77. The first-order valence-electron chi connectivity index (χ1n) is 9.18. The van der Waals surface area contributed by atoms with Crippen LogP contribution in [0.4, 0.5) is 0 Å². The first kappa shape index (κ1) is 17.2. The molecule has 2 saturated heterocycles. The van der Waals surface area contributed by atoms with Crippen molar-refractivity contribution in [2.24, 2.45) is 5.92 Å². The topological polar surface area (TPSA) is 55.8 Å². The first-order chi connectivity index (χ1) is 11.7. The Morgan fingerprint density at radius 2 is 2.00 bits per heavy atom. The lowest BCUT2D eigenvalue weighted by molar-refractivity contribution is -0.122. The number of benzene rings is 1. The van der Waals surface area contributed by atoms with Crippen LogP contribution in [0.5, 0.6) is 5.75 Å². The SMILES string of the molecule is O=C(CN1CCCCC1)NCC1CCN(Cc2cccc(O)c2)C1. The molecule has 0 radical (unpaired) electrons. The summed E-state index contributed by atoms with van der Waals surface area (Å²) in [5, 5.41) is 12.7.